The van der Waals surface area contributed by atoms with Gasteiger partial charge in [-0.2, -0.15) is 0 Å². The topological polar surface area (TPSA) is 75.7 Å². The highest BCUT2D eigenvalue weighted by Gasteiger charge is 2.51. The predicted octanol–water partition coefficient (Wildman–Crippen LogP) is 0.905. The van der Waals surface area contributed by atoms with E-state index in [0.717, 1.165) is 25.3 Å². The number of amides is 3. The van der Waals surface area contributed by atoms with Crippen LogP contribution in [0.5, 0.6) is 0 Å². The summed E-state index contributed by atoms with van der Waals surface area (Å²) in [5.74, 6) is -3.25. The highest BCUT2D eigenvalue weighted by molar-refractivity contribution is 6.08. The molecule has 0 saturated carbocycles. The van der Waals surface area contributed by atoms with Crippen LogP contribution in [0.2, 0.25) is 0 Å². The molecule has 3 amide bonds. The van der Waals surface area contributed by atoms with Crippen LogP contribution in [0.4, 0.5) is 13.6 Å². The van der Waals surface area contributed by atoms with Crippen molar-refractivity contribution in [2.75, 3.05) is 13.7 Å². The number of urea groups is 1. The molecule has 1 atom stereocenters. The zero-order valence-electron chi connectivity index (χ0n) is 11.3. The van der Waals surface area contributed by atoms with Crippen LogP contribution in [-0.4, -0.2) is 36.5 Å². The summed E-state index contributed by atoms with van der Waals surface area (Å²) in [4.78, 5) is 35.9. The summed E-state index contributed by atoms with van der Waals surface area (Å²) in [7, 11) is 1.10. The lowest BCUT2D eigenvalue weighted by Crippen LogP contribution is -2.42. The molecular formula is C13H12F2N2O4. The summed E-state index contributed by atoms with van der Waals surface area (Å²) >= 11 is 0. The van der Waals surface area contributed by atoms with Crippen LogP contribution in [0, 0.1) is 11.6 Å². The average molecular weight is 298 g/mol. The quantitative estimate of drug-likeness (QED) is 0.664. The van der Waals surface area contributed by atoms with E-state index in [0.29, 0.717) is 4.90 Å². The number of hydrogen-bond donors (Lipinski definition) is 1. The normalized spacial score (nSPS) is 21.4. The van der Waals surface area contributed by atoms with Gasteiger partial charge in [0.2, 0.25) is 0 Å². The van der Waals surface area contributed by atoms with Crippen molar-refractivity contribution in [2.24, 2.45) is 0 Å². The molecule has 0 aromatic heterocycles. The first-order valence-corrected chi connectivity index (χ1v) is 5.96. The van der Waals surface area contributed by atoms with Crippen LogP contribution in [0.15, 0.2) is 18.2 Å². The number of halogens is 2. The molecule has 6 nitrogen and oxygen atoms in total. The van der Waals surface area contributed by atoms with Crippen LogP contribution in [-0.2, 0) is 19.9 Å². The Labute approximate surface area is 118 Å². The van der Waals surface area contributed by atoms with E-state index in [2.05, 4.69) is 10.1 Å². The molecule has 0 radical (unpaired) electrons. The van der Waals surface area contributed by atoms with E-state index in [4.69, 9.17) is 0 Å². The molecule has 1 aliphatic heterocycles. The van der Waals surface area contributed by atoms with Crippen molar-refractivity contribution >= 4 is 17.9 Å². The number of hydrogen-bond acceptors (Lipinski definition) is 4. The number of nitrogens with zero attached hydrogens (tertiary/aromatic N) is 1. The van der Waals surface area contributed by atoms with Crippen LogP contribution < -0.4 is 5.32 Å². The Hall–Kier alpha value is -2.51. The van der Waals surface area contributed by atoms with Crippen molar-refractivity contribution in [3.8, 4) is 0 Å². The molecule has 8 heteroatoms. The maximum atomic E-state index is 13.8. The summed E-state index contributed by atoms with van der Waals surface area (Å²) in [6, 6.07) is 1.71. The number of nitrogens with one attached hydrogen (secondary N) is 1. The molecule has 0 bridgehead atoms. The third-order valence-electron chi connectivity index (χ3n) is 3.26. The Morgan fingerprint density at radius 2 is 2.05 bits per heavy atom. The molecule has 21 heavy (non-hydrogen) atoms. The number of methoxy groups -OCH3 is 1. The van der Waals surface area contributed by atoms with Crippen molar-refractivity contribution < 1.29 is 27.9 Å². The number of imide groups is 1. The average Bonchev–Trinajstić information content (AvgIpc) is 2.65. The van der Waals surface area contributed by atoms with E-state index in [9.17, 15) is 23.2 Å². The fraction of sp³-hybridized carbons (Fsp3) is 0.308. The van der Waals surface area contributed by atoms with Crippen molar-refractivity contribution in [3.63, 3.8) is 0 Å². The first-order valence-electron chi connectivity index (χ1n) is 5.96. The summed E-state index contributed by atoms with van der Waals surface area (Å²) in [6.07, 6.45) is 0. The zero-order valence-corrected chi connectivity index (χ0v) is 11.3. The van der Waals surface area contributed by atoms with E-state index in [1.165, 1.54) is 6.92 Å². The fourth-order valence-electron chi connectivity index (χ4n) is 2.10. The van der Waals surface area contributed by atoms with E-state index in [-0.39, 0.29) is 5.56 Å². The molecule has 0 spiro atoms. The molecule has 112 valence electrons. The second-order valence-electron chi connectivity index (χ2n) is 4.65. The van der Waals surface area contributed by atoms with Gasteiger partial charge in [0.1, 0.15) is 23.7 Å². The minimum absolute atomic E-state index is 0.312. The molecule has 2 rings (SSSR count). The fourth-order valence-corrected chi connectivity index (χ4v) is 2.10. The Morgan fingerprint density at radius 1 is 1.38 bits per heavy atom. The third kappa shape index (κ3) is 2.44. The lowest BCUT2D eigenvalue weighted by Gasteiger charge is -2.22. The van der Waals surface area contributed by atoms with Crippen molar-refractivity contribution in [3.05, 3.63) is 35.4 Å². The summed E-state index contributed by atoms with van der Waals surface area (Å²) < 4.78 is 31.5. The molecule has 1 aromatic rings. The maximum Gasteiger partial charge on any atom is 0.325 e. The van der Waals surface area contributed by atoms with Gasteiger partial charge in [-0.25, -0.2) is 13.6 Å². The standard InChI is InChI=1S/C13H12F2N2O4/c1-13(8-5-7(14)3-4-9(8)15)11(19)17(12(20)16-13)6-10(18)21-2/h3-5H,6H2,1-2H3,(H,16,20). The molecule has 1 aliphatic rings. The summed E-state index contributed by atoms with van der Waals surface area (Å²) in [6.45, 7) is 0.635. The van der Waals surface area contributed by atoms with Gasteiger partial charge in [0.05, 0.1) is 7.11 Å². The zero-order chi connectivity index (χ0) is 15.8. The molecule has 1 saturated heterocycles. The Kier molecular flexibility index (Phi) is 3.63. The number of carbonyl (C=O) groups is 3. The number of benzene rings is 1. The van der Waals surface area contributed by atoms with Gasteiger partial charge in [0.25, 0.3) is 5.91 Å². The van der Waals surface area contributed by atoms with Crippen molar-refractivity contribution in [2.45, 2.75) is 12.5 Å². The van der Waals surface area contributed by atoms with E-state index in [1.54, 1.807) is 0 Å². The van der Waals surface area contributed by atoms with Gasteiger partial charge in [0.15, 0.2) is 0 Å². The Bertz CT molecular complexity index is 635. The van der Waals surface area contributed by atoms with Gasteiger partial charge in [-0.05, 0) is 25.1 Å². The minimum Gasteiger partial charge on any atom is -0.468 e. The summed E-state index contributed by atoms with van der Waals surface area (Å²) in [5, 5.41) is 2.27. The SMILES string of the molecule is COC(=O)CN1C(=O)NC(C)(c2cc(F)ccc2F)C1=O. The van der Waals surface area contributed by atoms with Gasteiger partial charge in [-0.1, -0.05) is 0 Å². The first kappa shape index (κ1) is 14.9. The summed E-state index contributed by atoms with van der Waals surface area (Å²) in [5.41, 5.74) is -2.09. The van der Waals surface area contributed by atoms with Gasteiger partial charge in [-0.15, -0.1) is 0 Å². The molecule has 1 heterocycles. The van der Waals surface area contributed by atoms with E-state index in [1.807, 2.05) is 0 Å². The van der Waals surface area contributed by atoms with E-state index < -0.39 is 41.6 Å². The maximum absolute atomic E-state index is 13.8. The number of carbonyl (C=O) groups excluding carboxylic acids is 3. The second-order valence-corrected chi connectivity index (χ2v) is 4.65. The number of rotatable bonds is 3. The van der Waals surface area contributed by atoms with Gasteiger partial charge >= 0.3 is 12.0 Å². The lowest BCUT2D eigenvalue weighted by atomic mass is 9.91. The molecule has 1 aromatic carbocycles. The van der Waals surface area contributed by atoms with Gasteiger partial charge in [-0.3, -0.25) is 14.5 Å². The highest BCUT2D eigenvalue weighted by Crippen LogP contribution is 2.31. The number of ether oxygens (including phenoxy) is 1. The molecule has 1 N–H and O–H groups in total. The minimum atomic E-state index is -1.78. The van der Waals surface area contributed by atoms with Gasteiger partial charge in [0, 0.05) is 5.56 Å². The molecule has 1 fully saturated rings. The Balaban J connectivity index is 2.40. The van der Waals surface area contributed by atoms with Crippen molar-refractivity contribution in [1.82, 2.24) is 10.2 Å². The second kappa shape index (κ2) is 5.12. The van der Waals surface area contributed by atoms with Gasteiger partial charge < -0.3 is 10.1 Å². The smallest absolute Gasteiger partial charge is 0.325 e. The number of esters is 1. The van der Waals surface area contributed by atoms with E-state index >= 15 is 0 Å². The Morgan fingerprint density at radius 3 is 2.67 bits per heavy atom. The van der Waals surface area contributed by atoms with Crippen LogP contribution >= 0.6 is 0 Å². The predicted molar refractivity (Wildman–Crippen MR) is 66.0 cm³/mol. The van der Waals surface area contributed by atoms with Crippen LogP contribution in [0.25, 0.3) is 0 Å². The first-order chi connectivity index (χ1) is 9.79. The molecule has 1 unspecified atom stereocenters. The molecule has 0 aliphatic carbocycles. The highest BCUT2D eigenvalue weighted by atomic mass is 19.1. The van der Waals surface area contributed by atoms with Crippen molar-refractivity contribution in [1.29, 1.82) is 0 Å². The third-order valence-corrected chi connectivity index (χ3v) is 3.26. The van der Waals surface area contributed by atoms with Crippen LogP contribution in [0.1, 0.15) is 12.5 Å². The van der Waals surface area contributed by atoms with Crippen LogP contribution in [0.3, 0.4) is 0 Å². The lowest BCUT2D eigenvalue weighted by molar-refractivity contribution is -0.145. The molecular weight excluding hydrogens is 286 g/mol. The largest absolute Gasteiger partial charge is 0.468 e. The monoisotopic (exact) mass is 298 g/mol.